The minimum atomic E-state index is -0.253. The number of aryl methyl sites for hydroxylation is 2. The minimum absolute atomic E-state index is 0.237. The van der Waals surface area contributed by atoms with E-state index in [0.29, 0.717) is 24.2 Å². The molecule has 0 radical (unpaired) electrons. The van der Waals surface area contributed by atoms with Crippen molar-refractivity contribution in [2.24, 2.45) is 7.05 Å². The van der Waals surface area contributed by atoms with Gasteiger partial charge in [0.05, 0.1) is 12.8 Å². The molecule has 0 aliphatic rings. The fourth-order valence-electron chi connectivity index (χ4n) is 2.89. The molecule has 1 aromatic heterocycles. The van der Waals surface area contributed by atoms with E-state index in [1.54, 1.807) is 44.0 Å². The lowest BCUT2D eigenvalue weighted by molar-refractivity contribution is 0.0948. The first kappa shape index (κ1) is 18.6. The van der Waals surface area contributed by atoms with Crippen molar-refractivity contribution in [2.75, 3.05) is 13.7 Å². The second-order valence-electron chi connectivity index (χ2n) is 6.36. The SMILES string of the molecule is COc1cccc(CCNC(=O)c2cc(-c3ccc(F)c(C)c3)n(C)n2)c1. The van der Waals surface area contributed by atoms with Gasteiger partial charge in [-0.2, -0.15) is 5.10 Å². The topological polar surface area (TPSA) is 56.1 Å². The minimum Gasteiger partial charge on any atom is -0.497 e. The molecule has 0 aliphatic carbocycles. The Bertz CT molecular complexity index is 966. The highest BCUT2D eigenvalue weighted by Gasteiger charge is 2.14. The van der Waals surface area contributed by atoms with Gasteiger partial charge in [-0.15, -0.1) is 0 Å². The summed E-state index contributed by atoms with van der Waals surface area (Å²) in [7, 11) is 3.39. The summed E-state index contributed by atoms with van der Waals surface area (Å²) in [6.07, 6.45) is 0.694. The Kier molecular flexibility index (Phi) is 5.54. The van der Waals surface area contributed by atoms with Gasteiger partial charge in [-0.25, -0.2) is 4.39 Å². The number of methoxy groups -OCH3 is 1. The highest BCUT2D eigenvalue weighted by atomic mass is 19.1. The van der Waals surface area contributed by atoms with E-state index in [9.17, 15) is 9.18 Å². The van der Waals surface area contributed by atoms with Gasteiger partial charge >= 0.3 is 0 Å². The smallest absolute Gasteiger partial charge is 0.271 e. The fraction of sp³-hybridized carbons (Fsp3) is 0.238. The quantitative estimate of drug-likeness (QED) is 0.725. The van der Waals surface area contributed by atoms with E-state index in [-0.39, 0.29) is 11.7 Å². The lowest BCUT2D eigenvalue weighted by atomic mass is 10.1. The van der Waals surface area contributed by atoms with E-state index in [2.05, 4.69) is 10.4 Å². The van der Waals surface area contributed by atoms with Gasteiger partial charge in [-0.05, 0) is 60.9 Å². The van der Waals surface area contributed by atoms with E-state index < -0.39 is 0 Å². The molecule has 5 nitrogen and oxygen atoms in total. The maximum Gasteiger partial charge on any atom is 0.271 e. The number of benzene rings is 2. The summed E-state index contributed by atoms with van der Waals surface area (Å²) >= 11 is 0. The number of nitrogens with one attached hydrogen (secondary N) is 1. The van der Waals surface area contributed by atoms with E-state index in [1.807, 2.05) is 24.3 Å². The summed E-state index contributed by atoms with van der Waals surface area (Å²) in [6, 6.07) is 14.3. The van der Waals surface area contributed by atoms with Crippen molar-refractivity contribution in [3.8, 4) is 17.0 Å². The third-order valence-electron chi connectivity index (χ3n) is 4.40. The molecule has 0 aliphatic heterocycles. The van der Waals surface area contributed by atoms with Crippen molar-refractivity contribution in [2.45, 2.75) is 13.3 Å². The molecule has 0 bridgehead atoms. The molecule has 0 unspecified atom stereocenters. The van der Waals surface area contributed by atoms with Gasteiger partial charge in [0.1, 0.15) is 11.6 Å². The zero-order chi connectivity index (χ0) is 19.4. The zero-order valence-corrected chi connectivity index (χ0v) is 15.6. The van der Waals surface area contributed by atoms with Crippen molar-refractivity contribution >= 4 is 5.91 Å². The molecule has 2 aromatic carbocycles. The first-order chi connectivity index (χ1) is 13.0. The molecule has 1 amide bonds. The van der Waals surface area contributed by atoms with Gasteiger partial charge in [0.15, 0.2) is 5.69 Å². The summed E-state index contributed by atoms with van der Waals surface area (Å²) < 4.78 is 20.3. The third kappa shape index (κ3) is 4.34. The lowest BCUT2D eigenvalue weighted by Gasteiger charge is -2.05. The number of hydrogen-bond donors (Lipinski definition) is 1. The van der Waals surface area contributed by atoms with Crippen LogP contribution in [-0.2, 0) is 13.5 Å². The first-order valence-electron chi connectivity index (χ1n) is 8.69. The normalized spacial score (nSPS) is 10.7. The summed E-state index contributed by atoms with van der Waals surface area (Å²) in [4.78, 5) is 12.4. The Balaban J connectivity index is 1.66. The maximum atomic E-state index is 13.5. The maximum absolute atomic E-state index is 13.5. The average molecular weight is 367 g/mol. The Labute approximate surface area is 157 Å². The van der Waals surface area contributed by atoms with Gasteiger partial charge < -0.3 is 10.1 Å². The Morgan fingerprint density at radius 2 is 2.04 bits per heavy atom. The Morgan fingerprint density at radius 1 is 1.22 bits per heavy atom. The van der Waals surface area contributed by atoms with Gasteiger partial charge in [-0.3, -0.25) is 9.48 Å². The lowest BCUT2D eigenvalue weighted by Crippen LogP contribution is -2.26. The van der Waals surface area contributed by atoms with E-state index in [1.165, 1.54) is 6.07 Å². The Morgan fingerprint density at radius 3 is 2.78 bits per heavy atom. The third-order valence-corrected chi connectivity index (χ3v) is 4.40. The van der Waals surface area contributed by atoms with E-state index >= 15 is 0 Å². The summed E-state index contributed by atoms with van der Waals surface area (Å²) in [5.74, 6) is 0.304. The fourth-order valence-corrected chi connectivity index (χ4v) is 2.89. The molecule has 0 saturated carbocycles. The molecule has 1 N–H and O–H groups in total. The van der Waals surface area contributed by atoms with Crippen LogP contribution in [0.25, 0.3) is 11.3 Å². The van der Waals surface area contributed by atoms with Crippen LogP contribution in [0.1, 0.15) is 21.6 Å². The number of halogens is 1. The monoisotopic (exact) mass is 367 g/mol. The second kappa shape index (κ2) is 8.03. The van der Waals surface area contributed by atoms with Crippen molar-refractivity contribution in [3.63, 3.8) is 0 Å². The number of amides is 1. The highest BCUT2D eigenvalue weighted by Crippen LogP contribution is 2.22. The largest absolute Gasteiger partial charge is 0.497 e. The van der Waals surface area contributed by atoms with Crippen molar-refractivity contribution in [3.05, 3.63) is 71.2 Å². The number of carbonyl (C=O) groups excluding carboxylic acids is 1. The molecule has 140 valence electrons. The molecule has 0 fully saturated rings. The first-order valence-corrected chi connectivity index (χ1v) is 8.69. The van der Waals surface area contributed by atoms with Crippen LogP contribution >= 0.6 is 0 Å². The summed E-state index contributed by atoms with van der Waals surface area (Å²) in [6.45, 7) is 2.20. The molecule has 6 heteroatoms. The van der Waals surface area contributed by atoms with Crippen LogP contribution in [0.4, 0.5) is 4.39 Å². The van der Waals surface area contributed by atoms with Crippen LogP contribution in [0, 0.1) is 12.7 Å². The highest BCUT2D eigenvalue weighted by molar-refractivity contribution is 5.93. The van der Waals surface area contributed by atoms with Gasteiger partial charge in [0, 0.05) is 19.2 Å². The summed E-state index contributed by atoms with van der Waals surface area (Å²) in [5.41, 5.74) is 3.55. The van der Waals surface area contributed by atoms with Crippen LogP contribution in [0.3, 0.4) is 0 Å². The molecule has 1 heterocycles. The number of rotatable bonds is 6. The van der Waals surface area contributed by atoms with Crippen LogP contribution in [0.5, 0.6) is 5.75 Å². The number of nitrogens with zero attached hydrogens (tertiary/aromatic N) is 2. The molecule has 0 atom stereocenters. The number of hydrogen-bond acceptors (Lipinski definition) is 3. The molecular formula is C21H22FN3O2. The Hall–Kier alpha value is -3.15. The van der Waals surface area contributed by atoms with E-state index in [4.69, 9.17) is 4.74 Å². The van der Waals surface area contributed by atoms with Crippen molar-refractivity contribution in [1.82, 2.24) is 15.1 Å². The standard InChI is InChI=1S/C21H22FN3O2/c1-14-11-16(7-8-18(14)22)20-13-19(24-25(20)2)21(26)23-10-9-15-5-4-6-17(12-15)27-3/h4-8,11-13H,9-10H2,1-3H3,(H,23,26). The number of aromatic nitrogens is 2. The zero-order valence-electron chi connectivity index (χ0n) is 15.6. The van der Waals surface area contributed by atoms with E-state index in [0.717, 1.165) is 22.6 Å². The predicted octanol–water partition coefficient (Wildman–Crippen LogP) is 3.52. The van der Waals surface area contributed by atoms with Crippen LogP contribution in [-0.4, -0.2) is 29.3 Å². The molecule has 27 heavy (non-hydrogen) atoms. The molecular weight excluding hydrogens is 345 g/mol. The molecule has 3 rings (SSSR count). The van der Waals surface area contributed by atoms with Crippen molar-refractivity contribution < 1.29 is 13.9 Å². The average Bonchev–Trinajstić information content (AvgIpc) is 3.06. The van der Waals surface area contributed by atoms with Crippen LogP contribution in [0.2, 0.25) is 0 Å². The molecule has 3 aromatic rings. The number of carbonyl (C=O) groups is 1. The van der Waals surface area contributed by atoms with Crippen molar-refractivity contribution in [1.29, 1.82) is 0 Å². The van der Waals surface area contributed by atoms with Crippen LogP contribution in [0.15, 0.2) is 48.5 Å². The van der Waals surface area contributed by atoms with Gasteiger partial charge in [0.25, 0.3) is 5.91 Å². The van der Waals surface area contributed by atoms with Gasteiger partial charge in [-0.1, -0.05) is 12.1 Å². The predicted molar refractivity (Wildman–Crippen MR) is 102 cm³/mol. The molecule has 0 spiro atoms. The summed E-state index contributed by atoms with van der Waals surface area (Å²) in [5, 5.41) is 7.16. The number of ether oxygens (including phenoxy) is 1. The second-order valence-corrected chi connectivity index (χ2v) is 6.36. The molecule has 0 saturated heterocycles. The van der Waals surface area contributed by atoms with Gasteiger partial charge in [0.2, 0.25) is 0 Å². The van der Waals surface area contributed by atoms with Crippen LogP contribution < -0.4 is 10.1 Å².